The molecular weight excluding hydrogens is 220 g/mol. The van der Waals surface area contributed by atoms with Crippen LogP contribution in [-0.4, -0.2) is 5.78 Å². The summed E-state index contributed by atoms with van der Waals surface area (Å²) >= 11 is 0. The van der Waals surface area contributed by atoms with Crippen LogP contribution in [0.1, 0.15) is 32.3 Å². The highest BCUT2D eigenvalue weighted by Gasteiger charge is 2.08. The first-order valence-corrected chi connectivity index (χ1v) is 6.68. The zero-order valence-electron chi connectivity index (χ0n) is 11.1. The fraction of sp³-hybridized carbons (Fsp3) is 0.353. The summed E-state index contributed by atoms with van der Waals surface area (Å²) in [6.07, 6.45) is 2.34. The number of carbonyl (C=O) groups excluding carboxylic acids is 1. The smallest absolute Gasteiger partial charge is 0.137 e. The van der Waals surface area contributed by atoms with Crippen LogP contribution in [0.4, 0.5) is 0 Å². The minimum Gasteiger partial charge on any atom is -0.299 e. The van der Waals surface area contributed by atoms with Gasteiger partial charge in [0.15, 0.2) is 0 Å². The molecular formula is C17H20O. The lowest BCUT2D eigenvalue weighted by Gasteiger charge is -2.07. The van der Waals surface area contributed by atoms with E-state index in [9.17, 15) is 4.79 Å². The second-order valence-electron chi connectivity index (χ2n) is 5.11. The van der Waals surface area contributed by atoms with E-state index in [1.165, 1.54) is 10.8 Å². The van der Waals surface area contributed by atoms with E-state index < -0.39 is 0 Å². The van der Waals surface area contributed by atoms with E-state index in [4.69, 9.17) is 0 Å². The van der Waals surface area contributed by atoms with Gasteiger partial charge in [-0.1, -0.05) is 62.7 Å². The fourth-order valence-corrected chi connectivity index (χ4v) is 2.18. The van der Waals surface area contributed by atoms with Crippen LogP contribution in [0.3, 0.4) is 0 Å². The molecule has 2 rings (SSSR count). The van der Waals surface area contributed by atoms with E-state index in [-0.39, 0.29) is 0 Å². The van der Waals surface area contributed by atoms with E-state index in [1.807, 2.05) is 12.1 Å². The van der Waals surface area contributed by atoms with Crippen molar-refractivity contribution in [3.63, 3.8) is 0 Å². The lowest BCUT2D eigenvalue weighted by atomic mass is 9.97. The summed E-state index contributed by atoms with van der Waals surface area (Å²) in [5.74, 6) is 0.845. The Hall–Kier alpha value is -1.63. The number of carbonyl (C=O) groups is 1. The van der Waals surface area contributed by atoms with E-state index >= 15 is 0 Å². The predicted molar refractivity (Wildman–Crippen MR) is 76.7 cm³/mol. The maximum atomic E-state index is 11.9. The van der Waals surface area contributed by atoms with Gasteiger partial charge < -0.3 is 0 Å². The summed E-state index contributed by atoms with van der Waals surface area (Å²) in [7, 11) is 0. The van der Waals surface area contributed by atoms with Crippen molar-refractivity contribution >= 4 is 16.6 Å². The Morgan fingerprint density at radius 1 is 1.11 bits per heavy atom. The Morgan fingerprint density at radius 3 is 2.56 bits per heavy atom. The van der Waals surface area contributed by atoms with Crippen molar-refractivity contribution in [1.29, 1.82) is 0 Å². The van der Waals surface area contributed by atoms with E-state index in [0.717, 1.165) is 12.0 Å². The molecule has 0 aliphatic carbocycles. The molecule has 94 valence electrons. The third-order valence-corrected chi connectivity index (χ3v) is 3.49. The van der Waals surface area contributed by atoms with Crippen LogP contribution in [0.15, 0.2) is 42.5 Å². The highest BCUT2D eigenvalue weighted by atomic mass is 16.1. The molecule has 0 aliphatic heterocycles. The normalized spacial score (nSPS) is 12.6. The lowest BCUT2D eigenvalue weighted by Crippen LogP contribution is -2.07. The molecule has 0 heterocycles. The van der Waals surface area contributed by atoms with Gasteiger partial charge in [-0.15, -0.1) is 0 Å². The largest absolute Gasteiger partial charge is 0.299 e. The average molecular weight is 240 g/mol. The number of benzene rings is 2. The lowest BCUT2D eigenvalue weighted by molar-refractivity contribution is -0.119. The molecule has 0 N–H and O–H groups in total. The molecule has 0 spiro atoms. The molecule has 0 radical (unpaired) electrons. The molecule has 0 aliphatic rings. The molecule has 0 amide bonds. The van der Waals surface area contributed by atoms with Crippen molar-refractivity contribution in [1.82, 2.24) is 0 Å². The molecule has 1 heteroatoms. The summed E-state index contributed by atoms with van der Waals surface area (Å²) in [4.78, 5) is 11.9. The first-order chi connectivity index (χ1) is 8.69. The first-order valence-electron chi connectivity index (χ1n) is 6.68. The van der Waals surface area contributed by atoms with Crippen LogP contribution in [-0.2, 0) is 11.2 Å². The van der Waals surface area contributed by atoms with Crippen LogP contribution >= 0.6 is 0 Å². The third-order valence-electron chi connectivity index (χ3n) is 3.49. The van der Waals surface area contributed by atoms with E-state index in [1.54, 1.807) is 0 Å². The number of hydrogen-bond donors (Lipinski definition) is 0. The molecule has 2 aromatic rings. The van der Waals surface area contributed by atoms with Crippen LogP contribution in [0.2, 0.25) is 0 Å². The van der Waals surface area contributed by atoms with Crippen LogP contribution in [0.25, 0.3) is 10.8 Å². The van der Waals surface area contributed by atoms with Crippen molar-refractivity contribution in [2.24, 2.45) is 5.92 Å². The Morgan fingerprint density at radius 2 is 1.83 bits per heavy atom. The van der Waals surface area contributed by atoms with Gasteiger partial charge in [-0.2, -0.15) is 0 Å². The number of ketones is 1. The quantitative estimate of drug-likeness (QED) is 0.757. The van der Waals surface area contributed by atoms with E-state index in [2.05, 4.69) is 44.2 Å². The van der Waals surface area contributed by atoms with Crippen molar-refractivity contribution in [2.75, 3.05) is 0 Å². The Bertz CT molecular complexity index is 542. The SMILES string of the molecule is CCC(C)CC(=O)Cc1ccc2ccccc2c1. The van der Waals surface area contributed by atoms with Crippen LogP contribution < -0.4 is 0 Å². The minimum absolute atomic E-state index is 0.347. The van der Waals surface area contributed by atoms with Crippen molar-refractivity contribution in [2.45, 2.75) is 33.1 Å². The third kappa shape index (κ3) is 3.19. The van der Waals surface area contributed by atoms with Crippen molar-refractivity contribution in [3.8, 4) is 0 Å². The predicted octanol–water partition coefficient (Wildman–Crippen LogP) is 4.39. The van der Waals surface area contributed by atoms with Gasteiger partial charge in [0.05, 0.1) is 0 Å². The van der Waals surface area contributed by atoms with Gasteiger partial charge in [0.1, 0.15) is 5.78 Å². The average Bonchev–Trinajstić information content (AvgIpc) is 2.38. The van der Waals surface area contributed by atoms with E-state index in [0.29, 0.717) is 24.5 Å². The summed E-state index contributed by atoms with van der Waals surface area (Å²) in [5, 5.41) is 2.45. The van der Waals surface area contributed by atoms with Crippen molar-refractivity contribution in [3.05, 3.63) is 48.0 Å². The van der Waals surface area contributed by atoms with Gasteiger partial charge >= 0.3 is 0 Å². The molecule has 1 nitrogen and oxygen atoms in total. The summed E-state index contributed by atoms with van der Waals surface area (Å²) in [5.41, 5.74) is 1.13. The van der Waals surface area contributed by atoms with Gasteiger partial charge in [-0.05, 0) is 22.3 Å². The molecule has 0 saturated heterocycles. The molecule has 2 aromatic carbocycles. The van der Waals surface area contributed by atoms with Crippen LogP contribution in [0.5, 0.6) is 0 Å². The zero-order chi connectivity index (χ0) is 13.0. The number of hydrogen-bond acceptors (Lipinski definition) is 1. The van der Waals surface area contributed by atoms with Crippen LogP contribution in [0, 0.1) is 5.92 Å². The topological polar surface area (TPSA) is 17.1 Å². The van der Waals surface area contributed by atoms with Gasteiger partial charge in [0, 0.05) is 12.8 Å². The number of rotatable bonds is 5. The summed E-state index contributed by atoms with van der Waals surface area (Å²) in [6, 6.07) is 14.6. The highest BCUT2D eigenvalue weighted by molar-refractivity contribution is 5.86. The fourth-order valence-electron chi connectivity index (χ4n) is 2.18. The molecule has 1 atom stereocenters. The second kappa shape index (κ2) is 5.81. The van der Waals surface area contributed by atoms with Gasteiger partial charge in [0.25, 0.3) is 0 Å². The summed E-state index contributed by atoms with van der Waals surface area (Å²) in [6.45, 7) is 4.27. The molecule has 1 unspecified atom stereocenters. The van der Waals surface area contributed by atoms with Gasteiger partial charge in [-0.25, -0.2) is 0 Å². The van der Waals surface area contributed by atoms with Crippen molar-refractivity contribution < 1.29 is 4.79 Å². The monoisotopic (exact) mass is 240 g/mol. The first kappa shape index (κ1) is 12.8. The minimum atomic E-state index is 0.347. The molecule has 0 bridgehead atoms. The second-order valence-corrected chi connectivity index (χ2v) is 5.11. The maximum absolute atomic E-state index is 11.9. The Labute approximate surface area is 109 Å². The maximum Gasteiger partial charge on any atom is 0.137 e. The molecule has 0 saturated carbocycles. The molecule has 0 fully saturated rings. The molecule has 18 heavy (non-hydrogen) atoms. The van der Waals surface area contributed by atoms with Gasteiger partial charge in [0.2, 0.25) is 0 Å². The molecule has 0 aromatic heterocycles. The Kier molecular flexibility index (Phi) is 4.14. The summed E-state index contributed by atoms with van der Waals surface area (Å²) < 4.78 is 0. The number of Topliss-reactive ketones (excluding diaryl/α,β-unsaturated/α-hetero) is 1. The number of fused-ring (bicyclic) bond motifs is 1. The Balaban J connectivity index is 2.10. The highest BCUT2D eigenvalue weighted by Crippen LogP contribution is 2.17. The standard InChI is InChI=1S/C17H20O/c1-3-13(2)10-17(18)12-14-8-9-15-6-4-5-7-16(15)11-14/h4-9,11,13H,3,10,12H2,1-2H3. The van der Waals surface area contributed by atoms with Gasteiger partial charge in [-0.3, -0.25) is 4.79 Å². The zero-order valence-corrected chi connectivity index (χ0v) is 11.1.